The van der Waals surface area contributed by atoms with Crippen molar-refractivity contribution >= 4 is 0 Å². The second-order valence-electron chi connectivity index (χ2n) is 19.9. The highest BCUT2D eigenvalue weighted by Gasteiger charge is 2.20. The molecule has 0 amide bonds. The molecule has 0 atom stereocenters. The molecule has 0 saturated heterocycles. The number of allylic oxidation sites excluding steroid dienone is 3. The van der Waals surface area contributed by atoms with Crippen LogP contribution in [0.3, 0.4) is 0 Å². The van der Waals surface area contributed by atoms with E-state index in [1.807, 2.05) is 0 Å². The van der Waals surface area contributed by atoms with Gasteiger partial charge in [-0.25, -0.2) is 4.48 Å². The van der Waals surface area contributed by atoms with Crippen LogP contribution in [-0.2, 0) is 6.54 Å². The zero-order valence-electron chi connectivity index (χ0n) is 42.8. The van der Waals surface area contributed by atoms with Crippen LogP contribution in [0.15, 0.2) is 67.2 Å². The van der Waals surface area contributed by atoms with Crippen LogP contribution in [0.5, 0.6) is 0 Å². The fraction of sp³-hybridized carbons (Fsp3) is 0.803. The Balaban J connectivity index is 2.57. The Kier molecular flexibility index (Phi) is 46.0. The lowest BCUT2D eigenvalue weighted by atomic mass is 10.0. The summed E-state index contributed by atoms with van der Waals surface area (Å²) in [6.45, 7) is 7.94. The van der Waals surface area contributed by atoms with Gasteiger partial charge in [0.25, 0.3) is 0 Å². The van der Waals surface area contributed by atoms with Gasteiger partial charge in [-0.15, -0.1) is 0 Å². The third-order valence-electron chi connectivity index (χ3n) is 13.6. The Morgan fingerprint density at radius 1 is 0.274 bits per heavy atom. The van der Waals surface area contributed by atoms with E-state index < -0.39 is 0 Å². The van der Waals surface area contributed by atoms with Crippen molar-refractivity contribution in [3.05, 3.63) is 72.7 Å². The molecular weight excluding hydrogens is 747 g/mol. The van der Waals surface area contributed by atoms with E-state index >= 15 is 0 Å². The van der Waals surface area contributed by atoms with Crippen LogP contribution in [-0.4, -0.2) is 4.48 Å². The normalized spacial score (nSPS) is 12.3. The topological polar surface area (TPSA) is 0 Å². The summed E-state index contributed by atoms with van der Waals surface area (Å²) < 4.78 is 0.819. The fourth-order valence-electron chi connectivity index (χ4n) is 9.39. The molecule has 0 aliphatic carbocycles. The van der Waals surface area contributed by atoms with Gasteiger partial charge in [-0.05, 0) is 56.8 Å². The molecule has 1 nitrogen and oxygen atoms in total. The zero-order valence-corrected chi connectivity index (χ0v) is 42.8. The highest BCUT2D eigenvalue weighted by molar-refractivity contribution is 5.14. The van der Waals surface area contributed by atoms with Gasteiger partial charge in [0.1, 0.15) is 25.1 Å². The average Bonchev–Trinajstić information content (AvgIpc) is 3.29. The summed E-state index contributed by atoms with van der Waals surface area (Å²) in [5.41, 5.74) is 1.43. The van der Waals surface area contributed by atoms with Crippen molar-refractivity contribution in [2.75, 3.05) is 0 Å². The summed E-state index contributed by atoms with van der Waals surface area (Å²) in [6.07, 6.45) is 78.7. The molecule has 1 aromatic carbocycles. The second-order valence-corrected chi connectivity index (χ2v) is 19.9. The molecule has 0 saturated carbocycles. The molecule has 0 unspecified atom stereocenters. The van der Waals surface area contributed by atoms with Gasteiger partial charge in [-0.1, -0.05) is 302 Å². The molecule has 0 aliphatic rings. The smallest absolute Gasteiger partial charge is 0.117 e. The van der Waals surface area contributed by atoms with E-state index in [2.05, 4.69) is 87.9 Å². The largest absolute Gasteiger partial charge is 0.242 e. The number of unbranched alkanes of at least 4 members (excludes halogenated alkanes) is 42. The van der Waals surface area contributed by atoms with Gasteiger partial charge in [0.2, 0.25) is 0 Å². The molecule has 0 spiro atoms. The number of nitrogens with zero attached hydrogens (tertiary/aromatic N) is 1. The van der Waals surface area contributed by atoms with E-state index in [0.717, 1.165) is 11.0 Å². The van der Waals surface area contributed by atoms with E-state index in [9.17, 15) is 0 Å². The van der Waals surface area contributed by atoms with Gasteiger partial charge in [-0.2, -0.15) is 0 Å². The van der Waals surface area contributed by atoms with Gasteiger partial charge in [0.05, 0.1) is 0 Å². The minimum absolute atomic E-state index is 0.819. The van der Waals surface area contributed by atoms with E-state index in [-0.39, 0.29) is 0 Å². The van der Waals surface area contributed by atoms with Gasteiger partial charge in [0.15, 0.2) is 0 Å². The lowest BCUT2D eigenvalue weighted by molar-refractivity contribution is -0.788. The molecule has 0 N–H and O–H groups in total. The molecular formula is C61H112N+. The minimum Gasteiger partial charge on any atom is -0.242 e. The van der Waals surface area contributed by atoms with Gasteiger partial charge in [0, 0.05) is 5.56 Å². The van der Waals surface area contributed by atoms with E-state index in [4.69, 9.17) is 0 Å². The number of rotatable bonds is 50. The predicted octanol–water partition coefficient (Wildman–Crippen LogP) is 22.2. The van der Waals surface area contributed by atoms with Crippen molar-refractivity contribution in [3.8, 4) is 0 Å². The Hall–Kier alpha value is -1.60. The maximum Gasteiger partial charge on any atom is 0.117 e. The number of quaternary nitrogens is 1. The molecule has 62 heavy (non-hydrogen) atoms. The fourth-order valence-corrected chi connectivity index (χ4v) is 9.39. The van der Waals surface area contributed by atoms with Crippen LogP contribution in [0.1, 0.15) is 315 Å². The summed E-state index contributed by atoms with van der Waals surface area (Å²) in [5.74, 6) is 0. The van der Waals surface area contributed by atoms with Gasteiger partial charge >= 0.3 is 0 Å². The summed E-state index contributed by atoms with van der Waals surface area (Å²) in [6, 6.07) is 11.3. The van der Waals surface area contributed by atoms with Crippen LogP contribution in [0.4, 0.5) is 0 Å². The first-order valence-corrected chi connectivity index (χ1v) is 28.7. The van der Waals surface area contributed by atoms with Crippen molar-refractivity contribution in [1.82, 2.24) is 0 Å². The minimum atomic E-state index is 0.819. The van der Waals surface area contributed by atoms with Gasteiger partial charge < -0.3 is 0 Å². The maximum absolute atomic E-state index is 2.54. The van der Waals surface area contributed by atoms with Gasteiger partial charge in [-0.3, -0.25) is 0 Å². The Labute approximate surface area is 391 Å². The summed E-state index contributed by atoms with van der Waals surface area (Å²) in [5, 5.41) is 0. The molecule has 0 aromatic heterocycles. The molecule has 0 radical (unpaired) electrons. The van der Waals surface area contributed by atoms with Crippen molar-refractivity contribution < 1.29 is 4.48 Å². The van der Waals surface area contributed by atoms with Crippen molar-refractivity contribution in [2.45, 2.75) is 316 Å². The standard InChI is InChI=1S/C61H112N/c1-4-7-10-13-16-19-22-25-28-31-34-37-40-43-46-52-57-62(60-61-55-50-49-51-56-61,58-53-47-44-41-38-35-32-29-26-23-20-17-14-11-8-5-2)59-54-48-45-42-39-36-33-30-27-24-21-18-15-12-9-6-3/h49-59H,4-48,60H2,1-3H3/q+1/b57-52-,58-53+,59-54+. The molecule has 0 heterocycles. The number of hydrogen-bond acceptors (Lipinski definition) is 0. The molecule has 1 heteroatoms. The molecule has 0 aliphatic heterocycles. The monoisotopic (exact) mass is 859 g/mol. The number of benzene rings is 1. The Bertz CT molecular complexity index is 964. The van der Waals surface area contributed by atoms with Crippen LogP contribution in [0.2, 0.25) is 0 Å². The lowest BCUT2D eigenvalue weighted by Crippen LogP contribution is -2.30. The summed E-state index contributed by atoms with van der Waals surface area (Å²) in [4.78, 5) is 0. The molecule has 0 fully saturated rings. The first-order chi connectivity index (χ1) is 30.8. The quantitative estimate of drug-likeness (QED) is 0.0452. The van der Waals surface area contributed by atoms with Crippen molar-refractivity contribution in [2.24, 2.45) is 0 Å². The maximum atomic E-state index is 2.54. The molecule has 360 valence electrons. The third-order valence-corrected chi connectivity index (χ3v) is 13.6. The Morgan fingerprint density at radius 2 is 0.484 bits per heavy atom. The van der Waals surface area contributed by atoms with E-state index in [0.29, 0.717) is 0 Å². The number of hydrogen-bond donors (Lipinski definition) is 0. The van der Waals surface area contributed by atoms with Crippen LogP contribution in [0.25, 0.3) is 0 Å². The second kappa shape index (κ2) is 48.8. The first-order valence-electron chi connectivity index (χ1n) is 28.7. The van der Waals surface area contributed by atoms with Crippen LogP contribution < -0.4 is 0 Å². The Morgan fingerprint density at radius 3 is 0.710 bits per heavy atom. The summed E-state index contributed by atoms with van der Waals surface area (Å²) >= 11 is 0. The average molecular weight is 860 g/mol. The highest BCUT2D eigenvalue weighted by Crippen LogP contribution is 2.23. The van der Waals surface area contributed by atoms with Crippen LogP contribution in [0, 0.1) is 0 Å². The van der Waals surface area contributed by atoms with Crippen molar-refractivity contribution in [3.63, 3.8) is 0 Å². The van der Waals surface area contributed by atoms with E-state index in [1.54, 1.807) is 0 Å². The highest BCUT2D eigenvalue weighted by atomic mass is 15.3. The SMILES string of the molecule is CCCCCCCCCCCCCCCC/C=C\[N+](/C=C/CCCCCCCCCCCCCCCC)(/C=C/CCCCCCCCCCCCCCCC)Cc1ccccc1. The lowest BCUT2D eigenvalue weighted by Gasteiger charge is -2.27. The molecule has 0 bridgehead atoms. The molecule has 1 aromatic rings. The predicted molar refractivity (Wildman–Crippen MR) is 283 cm³/mol. The third kappa shape index (κ3) is 41.1. The van der Waals surface area contributed by atoms with Crippen LogP contribution >= 0.6 is 0 Å². The van der Waals surface area contributed by atoms with E-state index in [1.165, 1.54) is 295 Å². The van der Waals surface area contributed by atoms with Crippen molar-refractivity contribution in [1.29, 1.82) is 0 Å². The first kappa shape index (κ1) is 58.4. The molecule has 1 rings (SSSR count). The summed E-state index contributed by atoms with van der Waals surface area (Å²) in [7, 11) is 0. The zero-order chi connectivity index (χ0) is 44.4.